The maximum atomic E-state index is 10.1. The van der Waals surface area contributed by atoms with Crippen LogP contribution < -0.4 is 0 Å². The molecule has 1 aliphatic heterocycles. The fourth-order valence-electron chi connectivity index (χ4n) is 0.464. The van der Waals surface area contributed by atoms with E-state index >= 15 is 0 Å². The lowest BCUT2D eigenvalue weighted by Gasteiger charge is -1.97. The van der Waals surface area contributed by atoms with E-state index in [1.54, 1.807) is 0 Å². The molecule has 60 valence electrons. The van der Waals surface area contributed by atoms with Crippen molar-refractivity contribution in [1.82, 2.24) is 0 Å². The number of carboxylic acids is 1. The molecule has 0 unspecified atom stereocenters. The Kier molecular flexibility index (Phi) is 3.78. The molecule has 3 nitrogen and oxygen atoms in total. The third-order valence-electron chi connectivity index (χ3n) is 0.844. The van der Waals surface area contributed by atoms with Gasteiger partial charge in [0.05, 0.1) is 5.75 Å². The largest absolute Gasteiger partial charge is 0.481 e. The third kappa shape index (κ3) is 3.66. The van der Waals surface area contributed by atoms with Crippen LogP contribution in [0.1, 0.15) is 0 Å². The first-order valence-corrected chi connectivity index (χ1v) is 6.04. The first-order chi connectivity index (χ1) is 5.29. The Labute approximate surface area is 78.7 Å². The summed E-state index contributed by atoms with van der Waals surface area (Å²) in [5.74, 6) is -0.689. The van der Waals surface area contributed by atoms with E-state index in [1.165, 1.54) is 11.8 Å². The van der Waals surface area contributed by atoms with E-state index in [4.69, 9.17) is 5.11 Å². The van der Waals surface area contributed by atoms with Gasteiger partial charge in [-0.2, -0.15) is 0 Å². The molecule has 0 aliphatic carbocycles. The smallest absolute Gasteiger partial charge is 0.313 e. The van der Waals surface area contributed by atoms with Gasteiger partial charge in [0.1, 0.15) is 5.03 Å². The molecule has 1 N–H and O–H groups in total. The lowest BCUT2D eigenvalue weighted by Crippen LogP contribution is -1.97. The molecule has 0 aromatic carbocycles. The van der Waals surface area contributed by atoms with Crippen LogP contribution in [0.4, 0.5) is 0 Å². The van der Waals surface area contributed by atoms with Crippen molar-refractivity contribution >= 4 is 38.8 Å². The van der Waals surface area contributed by atoms with Crippen LogP contribution in [0.15, 0.2) is 24.4 Å². The van der Waals surface area contributed by atoms with E-state index in [9.17, 15) is 4.79 Å². The molecule has 0 saturated heterocycles. The third-order valence-corrected chi connectivity index (χ3v) is 3.62. The summed E-state index contributed by atoms with van der Waals surface area (Å²) in [5, 5.41) is 9.20. The van der Waals surface area contributed by atoms with Gasteiger partial charge < -0.3 is 5.11 Å². The van der Waals surface area contributed by atoms with Gasteiger partial charge in [0, 0.05) is 21.0 Å². The number of halogens is 1. The maximum absolute atomic E-state index is 10.1. The molecule has 11 heavy (non-hydrogen) atoms. The van der Waals surface area contributed by atoms with E-state index in [-0.39, 0.29) is 26.8 Å². The van der Waals surface area contributed by atoms with Crippen LogP contribution in [0.5, 0.6) is 0 Å². The first kappa shape index (κ1) is 8.92. The van der Waals surface area contributed by atoms with Crippen LogP contribution in [0.3, 0.4) is 0 Å². The standard InChI is InChI=1S/C6H6INO2S/c9-6(10)4-11-5-2-1-3-7-8-5/h1-3H,4H2,(H,9,10). The summed E-state index contributed by atoms with van der Waals surface area (Å²) in [6.07, 6.45) is 3.78. The second-order valence-electron chi connectivity index (χ2n) is 1.69. The molecule has 0 spiro atoms. The minimum Gasteiger partial charge on any atom is -0.481 e. The molecular formula is C6H6INO2S. The number of carbonyl (C=O) groups is 1. The first-order valence-electron chi connectivity index (χ1n) is 2.84. The molecule has 1 heterocycles. The SMILES string of the molecule is O=C(O)CSC1=CC=CI=N1. The van der Waals surface area contributed by atoms with Crippen molar-refractivity contribution in [3.05, 3.63) is 21.3 Å². The Bertz CT molecular complexity index is 247. The second kappa shape index (κ2) is 4.66. The van der Waals surface area contributed by atoms with Crippen molar-refractivity contribution in [3.63, 3.8) is 0 Å². The molecule has 1 aliphatic rings. The predicted octanol–water partition coefficient (Wildman–Crippen LogP) is 2.33. The van der Waals surface area contributed by atoms with Crippen LogP contribution in [0, 0.1) is 0 Å². The Morgan fingerprint density at radius 2 is 2.64 bits per heavy atom. The number of allylic oxidation sites excluding steroid dienone is 2. The Morgan fingerprint density at radius 3 is 3.18 bits per heavy atom. The van der Waals surface area contributed by atoms with E-state index < -0.39 is 5.97 Å². The molecule has 1 rings (SSSR count). The van der Waals surface area contributed by atoms with Crippen molar-refractivity contribution in [2.75, 3.05) is 5.75 Å². The van der Waals surface area contributed by atoms with Gasteiger partial charge in [-0.1, -0.05) is 17.8 Å². The molecule has 0 saturated carbocycles. The second-order valence-corrected chi connectivity index (χ2v) is 4.44. The fraction of sp³-hybridized carbons (Fsp3) is 0.167. The van der Waals surface area contributed by atoms with Crippen LogP contribution in [-0.4, -0.2) is 16.8 Å². The molecule has 0 fully saturated rings. The number of thioether (sulfide) groups is 1. The number of hydrogen-bond acceptors (Lipinski definition) is 3. The lowest BCUT2D eigenvalue weighted by atomic mass is 10.6. The molecular weight excluding hydrogens is 277 g/mol. The monoisotopic (exact) mass is 283 g/mol. The molecule has 0 amide bonds. The number of carboxylic acid groups (broad SMARTS) is 1. The van der Waals surface area contributed by atoms with Gasteiger partial charge in [-0.15, -0.1) is 0 Å². The van der Waals surface area contributed by atoms with Crippen molar-refractivity contribution in [2.45, 2.75) is 0 Å². The summed E-state index contributed by atoms with van der Waals surface area (Å²) in [7, 11) is 0. The van der Waals surface area contributed by atoms with Gasteiger partial charge in [-0.3, -0.25) is 4.79 Å². The van der Waals surface area contributed by atoms with Crippen molar-refractivity contribution in [2.24, 2.45) is 3.15 Å². The molecule has 0 aromatic rings. The highest BCUT2D eigenvalue weighted by Crippen LogP contribution is 2.24. The normalized spacial score (nSPS) is 15.5. The summed E-state index contributed by atoms with van der Waals surface area (Å²) in [6, 6.07) is 0. The number of rotatable bonds is 3. The predicted molar refractivity (Wildman–Crippen MR) is 53.8 cm³/mol. The van der Waals surface area contributed by atoms with Crippen LogP contribution in [-0.2, 0) is 4.79 Å². The van der Waals surface area contributed by atoms with Crippen molar-refractivity contribution < 1.29 is 9.90 Å². The van der Waals surface area contributed by atoms with Gasteiger partial charge in [-0.05, 0) is 10.2 Å². The van der Waals surface area contributed by atoms with E-state index in [1.807, 2.05) is 16.2 Å². The highest BCUT2D eigenvalue weighted by Gasteiger charge is 2.00. The lowest BCUT2D eigenvalue weighted by molar-refractivity contribution is -0.133. The summed E-state index contributed by atoms with van der Waals surface area (Å²) in [6.45, 7) is 0. The topological polar surface area (TPSA) is 49.7 Å². The highest BCUT2D eigenvalue weighted by molar-refractivity contribution is 14.2. The molecule has 0 aromatic heterocycles. The van der Waals surface area contributed by atoms with Crippen LogP contribution in [0.2, 0.25) is 0 Å². The van der Waals surface area contributed by atoms with Crippen molar-refractivity contribution in [3.8, 4) is 0 Å². The van der Waals surface area contributed by atoms with Gasteiger partial charge >= 0.3 is 5.97 Å². The maximum Gasteiger partial charge on any atom is 0.313 e. The van der Waals surface area contributed by atoms with Gasteiger partial charge in [0.2, 0.25) is 0 Å². The zero-order valence-electron chi connectivity index (χ0n) is 5.53. The minimum atomic E-state index is -0.793. The average Bonchev–Trinajstić information content (AvgIpc) is 2.03. The molecule has 0 radical (unpaired) electrons. The number of hydrogen-bond donors (Lipinski definition) is 1. The summed E-state index contributed by atoms with van der Waals surface area (Å²) < 4.78 is 6.22. The zero-order valence-corrected chi connectivity index (χ0v) is 8.50. The minimum absolute atomic E-state index is 0.104. The van der Waals surface area contributed by atoms with Gasteiger partial charge in [-0.25, -0.2) is 3.15 Å². The quantitative estimate of drug-likeness (QED) is 0.809. The van der Waals surface area contributed by atoms with Crippen molar-refractivity contribution in [1.29, 1.82) is 0 Å². The Morgan fingerprint density at radius 1 is 1.82 bits per heavy atom. The fourth-order valence-corrected chi connectivity index (χ4v) is 2.63. The summed E-state index contributed by atoms with van der Waals surface area (Å²) in [4.78, 5) is 10.1. The van der Waals surface area contributed by atoms with E-state index in [2.05, 4.69) is 3.15 Å². The Balaban J connectivity index is 2.38. The average molecular weight is 283 g/mol. The highest BCUT2D eigenvalue weighted by atomic mass is 127. The number of nitrogens with zero attached hydrogens (tertiary/aromatic N) is 1. The van der Waals surface area contributed by atoms with Gasteiger partial charge in [0.15, 0.2) is 0 Å². The van der Waals surface area contributed by atoms with Gasteiger partial charge in [0.25, 0.3) is 0 Å². The number of aliphatic carboxylic acids is 1. The summed E-state index contributed by atoms with van der Waals surface area (Å²) in [5.41, 5.74) is 0. The van der Waals surface area contributed by atoms with Crippen LogP contribution in [0.25, 0.3) is 0 Å². The summed E-state index contributed by atoms with van der Waals surface area (Å²) >= 11 is 1.08. The van der Waals surface area contributed by atoms with Crippen LogP contribution >= 0.6 is 32.8 Å². The Hall–Kier alpha value is -0.170. The van der Waals surface area contributed by atoms with E-state index in [0.29, 0.717) is 0 Å². The molecule has 5 heteroatoms. The molecule has 0 bridgehead atoms. The van der Waals surface area contributed by atoms with E-state index in [0.717, 1.165) is 5.03 Å². The zero-order chi connectivity index (χ0) is 8.10. The molecule has 0 atom stereocenters.